The zero-order valence-electron chi connectivity index (χ0n) is 16.2. The molecule has 2 heterocycles. The molecule has 3 N–H and O–H groups in total. The van der Waals surface area contributed by atoms with Gasteiger partial charge in [-0.05, 0) is 48.9 Å². The van der Waals surface area contributed by atoms with Gasteiger partial charge in [0.05, 0.1) is 5.69 Å². The van der Waals surface area contributed by atoms with Crippen LogP contribution in [0.2, 0.25) is 5.02 Å². The number of carbonyl (C=O) groups excluding carboxylic acids is 1. The number of hydrogen-bond acceptors (Lipinski definition) is 5. The Morgan fingerprint density at radius 1 is 1.23 bits per heavy atom. The number of rotatable bonds is 6. The molecule has 4 rings (SSSR count). The molecular formula is C23H19ClFN3O2. The van der Waals surface area contributed by atoms with Crippen LogP contribution in [0.3, 0.4) is 0 Å². The van der Waals surface area contributed by atoms with Crippen LogP contribution >= 0.6 is 11.6 Å². The lowest BCUT2D eigenvalue weighted by atomic mass is 10.0. The molecule has 5 nitrogen and oxygen atoms in total. The summed E-state index contributed by atoms with van der Waals surface area (Å²) in [4.78, 5) is 16.8. The van der Waals surface area contributed by atoms with Gasteiger partial charge in [-0.1, -0.05) is 23.7 Å². The molecule has 152 valence electrons. The summed E-state index contributed by atoms with van der Waals surface area (Å²) in [5.74, 6) is 0.0849. The summed E-state index contributed by atoms with van der Waals surface area (Å²) in [5, 5.41) is 4.46. The first-order chi connectivity index (χ1) is 14.4. The number of nitrogen functional groups attached to an aromatic ring is 1. The Kier molecular flexibility index (Phi) is 5.42. The average Bonchev–Trinajstić information content (AvgIpc) is 3.05. The number of fused-ring (bicyclic) bond motifs is 1. The van der Waals surface area contributed by atoms with E-state index in [1.54, 1.807) is 48.7 Å². The molecule has 0 aliphatic heterocycles. The van der Waals surface area contributed by atoms with E-state index in [0.29, 0.717) is 39.0 Å². The summed E-state index contributed by atoms with van der Waals surface area (Å²) in [6.45, 7) is 2.04. The van der Waals surface area contributed by atoms with Gasteiger partial charge in [0.2, 0.25) is 5.78 Å². The number of hydrogen-bond donors (Lipinski definition) is 2. The second kappa shape index (κ2) is 8.16. The van der Waals surface area contributed by atoms with E-state index in [4.69, 9.17) is 21.8 Å². The number of nitrogens with one attached hydrogen (secondary N) is 1. The van der Waals surface area contributed by atoms with Gasteiger partial charge < -0.3 is 15.5 Å². The molecule has 2 aromatic carbocycles. The maximum Gasteiger partial charge on any atom is 0.202 e. The fourth-order valence-electron chi connectivity index (χ4n) is 3.36. The summed E-state index contributed by atoms with van der Waals surface area (Å²) in [6, 6.07) is 13.4. The van der Waals surface area contributed by atoms with Gasteiger partial charge in [-0.15, -0.1) is 0 Å². The Bertz CT molecular complexity index is 1250. The number of aromatic nitrogens is 1. The number of benzene rings is 2. The maximum atomic E-state index is 14.3. The fraction of sp³-hybridized carbons (Fsp3) is 0.130. The minimum atomic E-state index is -0.365. The molecule has 0 atom stereocenters. The van der Waals surface area contributed by atoms with E-state index in [1.165, 1.54) is 6.07 Å². The standard InChI is InChI=1S/C23H19ClFN3O2/c1-13-17-11-16(24)5-7-21(17)30-22(13)20(29)10-14-4-6-18(25)15(9-14)12-28-19-3-2-8-27-23(19)26/h2-9,11,28H,10,12H2,1H3,(H2,26,27). The van der Waals surface area contributed by atoms with Gasteiger partial charge in [-0.25, -0.2) is 9.37 Å². The fourth-order valence-corrected chi connectivity index (χ4v) is 3.53. The monoisotopic (exact) mass is 423 g/mol. The molecule has 0 saturated heterocycles. The number of halogens is 2. The summed E-state index contributed by atoms with van der Waals surface area (Å²) >= 11 is 6.05. The van der Waals surface area contributed by atoms with E-state index in [0.717, 1.165) is 10.9 Å². The van der Waals surface area contributed by atoms with Gasteiger partial charge in [0, 0.05) is 40.7 Å². The third-order valence-corrected chi connectivity index (χ3v) is 5.17. The van der Waals surface area contributed by atoms with Crippen molar-refractivity contribution in [3.63, 3.8) is 0 Å². The smallest absolute Gasteiger partial charge is 0.202 e. The molecule has 0 aliphatic rings. The van der Waals surface area contributed by atoms with Crippen LogP contribution in [0.4, 0.5) is 15.9 Å². The van der Waals surface area contributed by atoms with E-state index in [-0.39, 0.29) is 24.6 Å². The molecule has 2 aromatic heterocycles. The molecule has 7 heteroatoms. The first-order valence-corrected chi connectivity index (χ1v) is 9.73. The normalized spacial score (nSPS) is 11.0. The van der Waals surface area contributed by atoms with E-state index in [9.17, 15) is 9.18 Å². The SMILES string of the molecule is Cc1c(C(=O)Cc2ccc(F)c(CNc3cccnc3N)c2)oc2ccc(Cl)cc12. The molecule has 0 amide bonds. The van der Waals surface area contributed by atoms with Crippen LogP contribution in [-0.4, -0.2) is 10.8 Å². The molecule has 0 spiro atoms. The minimum Gasteiger partial charge on any atom is -0.453 e. The van der Waals surface area contributed by atoms with Crippen molar-refractivity contribution in [1.29, 1.82) is 0 Å². The number of pyridine rings is 1. The lowest BCUT2D eigenvalue weighted by Gasteiger charge is -2.10. The molecule has 0 bridgehead atoms. The van der Waals surface area contributed by atoms with Gasteiger partial charge in [0.15, 0.2) is 5.76 Å². The van der Waals surface area contributed by atoms with Crippen LogP contribution in [0.5, 0.6) is 0 Å². The first-order valence-electron chi connectivity index (χ1n) is 9.36. The minimum absolute atomic E-state index is 0.0940. The van der Waals surface area contributed by atoms with Crippen molar-refractivity contribution in [1.82, 2.24) is 4.98 Å². The molecular weight excluding hydrogens is 405 g/mol. The Balaban J connectivity index is 1.54. The largest absolute Gasteiger partial charge is 0.453 e. The highest BCUT2D eigenvalue weighted by molar-refractivity contribution is 6.31. The zero-order chi connectivity index (χ0) is 21.3. The van der Waals surface area contributed by atoms with Crippen LogP contribution in [0, 0.1) is 12.7 Å². The Labute approximate surface area is 177 Å². The van der Waals surface area contributed by atoms with Crippen molar-refractivity contribution < 1.29 is 13.6 Å². The van der Waals surface area contributed by atoms with Crippen LogP contribution in [0.1, 0.15) is 27.2 Å². The number of nitrogens with zero attached hydrogens (tertiary/aromatic N) is 1. The van der Waals surface area contributed by atoms with Crippen molar-refractivity contribution in [2.75, 3.05) is 11.1 Å². The number of anilines is 2. The van der Waals surface area contributed by atoms with Crippen LogP contribution in [0.25, 0.3) is 11.0 Å². The number of carbonyl (C=O) groups is 1. The molecule has 4 aromatic rings. The van der Waals surface area contributed by atoms with Crippen molar-refractivity contribution in [3.05, 3.63) is 88.0 Å². The third-order valence-electron chi connectivity index (χ3n) is 4.93. The van der Waals surface area contributed by atoms with Crippen molar-refractivity contribution >= 4 is 39.9 Å². The van der Waals surface area contributed by atoms with Gasteiger partial charge in [0.1, 0.15) is 17.2 Å². The van der Waals surface area contributed by atoms with Crippen molar-refractivity contribution in [3.8, 4) is 0 Å². The highest BCUT2D eigenvalue weighted by Crippen LogP contribution is 2.29. The van der Waals surface area contributed by atoms with Gasteiger partial charge in [-0.3, -0.25) is 4.79 Å². The highest BCUT2D eigenvalue weighted by Gasteiger charge is 2.19. The van der Waals surface area contributed by atoms with Gasteiger partial charge in [0.25, 0.3) is 0 Å². The lowest BCUT2D eigenvalue weighted by molar-refractivity contribution is 0.0967. The molecule has 0 unspecified atom stereocenters. The third kappa shape index (κ3) is 4.00. The second-order valence-electron chi connectivity index (χ2n) is 7.01. The number of ketones is 1. The molecule has 0 fully saturated rings. The summed E-state index contributed by atoms with van der Waals surface area (Å²) in [6.07, 6.45) is 1.68. The predicted octanol–water partition coefficient (Wildman–Crippen LogP) is 5.55. The first kappa shape index (κ1) is 19.9. The van der Waals surface area contributed by atoms with Crippen LogP contribution in [-0.2, 0) is 13.0 Å². The van der Waals surface area contributed by atoms with E-state index >= 15 is 0 Å². The Morgan fingerprint density at radius 2 is 2.07 bits per heavy atom. The predicted molar refractivity (Wildman–Crippen MR) is 116 cm³/mol. The van der Waals surface area contributed by atoms with Crippen molar-refractivity contribution in [2.45, 2.75) is 19.9 Å². The molecule has 0 aliphatic carbocycles. The second-order valence-corrected chi connectivity index (χ2v) is 7.45. The lowest BCUT2D eigenvalue weighted by Crippen LogP contribution is -2.08. The highest BCUT2D eigenvalue weighted by atomic mass is 35.5. The number of aryl methyl sites for hydroxylation is 1. The Hall–Kier alpha value is -3.38. The van der Waals surface area contributed by atoms with E-state index in [2.05, 4.69) is 10.3 Å². The maximum absolute atomic E-state index is 14.3. The molecule has 30 heavy (non-hydrogen) atoms. The van der Waals surface area contributed by atoms with Gasteiger partial charge >= 0.3 is 0 Å². The van der Waals surface area contributed by atoms with Gasteiger partial charge in [-0.2, -0.15) is 0 Å². The summed E-state index contributed by atoms with van der Waals surface area (Å²) in [7, 11) is 0. The molecule has 0 radical (unpaired) electrons. The number of Topliss-reactive ketones (excluding diaryl/α,β-unsaturated/α-hetero) is 1. The zero-order valence-corrected chi connectivity index (χ0v) is 17.0. The Morgan fingerprint density at radius 3 is 2.87 bits per heavy atom. The van der Waals surface area contributed by atoms with Crippen molar-refractivity contribution in [2.24, 2.45) is 0 Å². The quantitative estimate of drug-likeness (QED) is 0.397. The number of furan rings is 1. The average molecular weight is 424 g/mol. The van der Waals surface area contributed by atoms with E-state index in [1.807, 2.05) is 6.92 Å². The van der Waals surface area contributed by atoms with Crippen LogP contribution < -0.4 is 11.1 Å². The summed E-state index contributed by atoms with van der Waals surface area (Å²) in [5.41, 5.74) is 8.90. The topological polar surface area (TPSA) is 81.2 Å². The van der Waals surface area contributed by atoms with Crippen LogP contribution in [0.15, 0.2) is 59.1 Å². The summed E-state index contributed by atoms with van der Waals surface area (Å²) < 4.78 is 20.0. The van der Waals surface area contributed by atoms with E-state index < -0.39 is 0 Å². The molecule has 0 saturated carbocycles. The number of nitrogens with two attached hydrogens (primary N) is 1.